The molecule has 158 valence electrons. The summed E-state index contributed by atoms with van der Waals surface area (Å²) in [5.74, 6) is -0.291. The summed E-state index contributed by atoms with van der Waals surface area (Å²) in [4.78, 5) is 26.3. The molecule has 4 rings (SSSR count). The van der Waals surface area contributed by atoms with Gasteiger partial charge in [0.15, 0.2) is 0 Å². The van der Waals surface area contributed by atoms with Gasteiger partial charge in [-0.2, -0.15) is 0 Å². The molecular weight excluding hydrogens is 372 g/mol. The number of carbonyl (C=O) groups excluding carboxylic acids is 2. The van der Waals surface area contributed by atoms with Gasteiger partial charge in [0.25, 0.3) is 11.8 Å². The maximum Gasteiger partial charge on any atom is 0.261 e. The molecule has 0 aromatic heterocycles. The van der Waals surface area contributed by atoms with Crippen LogP contribution in [0.3, 0.4) is 0 Å². The Morgan fingerprint density at radius 3 is 2.13 bits per heavy atom. The second-order valence-electron chi connectivity index (χ2n) is 8.94. The average molecular weight is 405 g/mol. The fraction of sp³-hybridized carbons (Fsp3) is 0.462. The minimum Gasteiger partial charge on any atom is -0.313 e. The third kappa shape index (κ3) is 4.20. The summed E-state index contributed by atoms with van der Waals surface area (Å²) in [6.07, 6.45) is 8.04. The van der Waals surface area contributed by atoms with Crippen LogP contribution in [0.5, 0.6) is 0 Å². The number of nitrogens with one attached hydrogen (secondary N) is 1. The van der Waals surface area contributed by atoms with E-state index in [1.807, 2.05) is 12.1 Å². The van der Waals surface area contributed by atoms with Crippen LogP contribution in [0.15, 0.2) is 54.6 Å². The molecule has 2 aromatic rings. The number of amides is 2. The molecule has 1 N–H and O–H groups in total. The molecule has 1 aliphatic heterocycles. The molecule has 4 nitrogen and oxygen atoms in total. The van der Waals surface area contributed by atoms with Crippen molar-refractivity contribution in [3.8, 4) is 0 Å². The van der Waals surface area contributed by atoms with Crippen LogP contribution in [0.1, 0.15) is 78.1 Å². The van der Waals surface area contributed by atoms with Crippen molar-refractivity contribution in [2.45, 2.75) is 63.3 Å². The lowest BCUT2D eigenvalue weighted by Crippen LogP contribution is -2.40. The summed E-state index contributed by atoms with van der Waals surface area (Å²) in [7, 11) is 0. The standard InChI is InChI=1S/C26H32N2O2/c1-20(27-19-26(16-8-9-17-26)21-12-3-2-4-13-21)11-7-10-18-28-24(29)22-14-5-6-15-23(22)25(28)30/h2-6,12-15,20,27H,7-11,16-19H2,1H3. The minimum atomic E-state index is -0.146. The van der Waals surface area contributed by atoms with Crippen LogP contribution in [0.4, 0.5) is 0 Å². The normalized spacial score (nSPS) is 18.6. The Balaban J connectivity index is 1.23. The predicted octanol–water partition coefficient (Wildman–Crippen LogP) is 4.94. The lowest BCUT2D eigenvalue weighted by atomic mass is 9.78. The van der Waals surface area contributed by atoms with Crippen LogP contribution in [0, 0.1) is 0 Å². The SMILES string of the molecule is CC(CCCCN1C(=O)c2ccccc2C1=O)NCC1(c2ccccc2)CCCC1. The zero-order valence-corrected chi connectivity index (χ0v) is 17.9. The Kier molecular flexibility index (Phi) is 6.33. The van der Waals surface area contributed by atoms with Gasteiger partial charge in [0.1, 0.15) is 0 Å². The third-order valence-electron chi connectivity index (χ3n) is 6.88. The number of carbonyl (C=O) groups is 2. The largest absolute Gasteiger partial charge is 0.313 e. The van der Waals surface area contributed by atoms with E-state index in [1.165, 1.54) is 36.1 Å². The highest BCUT2D eigenvalue weighted by atomic mass is 16.2. The molecular formula is C26H32N2O2. The third-order valence-corrected chi connectivity index (χ3v) is 6.88. The van der Waals surface area contributed by atoms with Gasteiger partial charge in [-0.05, 0) is 50.3 Å². The van der Waals surface area contributed by atoms with E-state index in [2.05, 4.69) is 42.6 Å². The van der Waals surface area contributed by atoms with Gasteiger partial charge in [0.05, 0.1) is 11.1 Å². The van der Waals surface area contributed by atoms with Crippen molar-refractivity contribution >= 4 is 11.8 Å². The second kappa shape index (κ2) is 9.13. The summed E-state index contributed by atoms with van der Waals surface area (Å²) in [6, 6.07) is 18.5. The van der Waals surface area contributed by atoms with E-state index in [0.717, 1.165) is 25.8 Å². The van der Waals surface area contributed by atoms with Crippen LogP contribution < -0.4 is 5.32 Å². The molecule has 30 heavy (non-hydrogen) atoms. The van der Waals surface area contributed by atoms with Gasteiger partial charge in [-0.15, -0.1) is 0 Å². The first kappa shape index (κ1) is 20.8. The first-order valence-corrected chi connectivity index (χ1v) is 11.3. The number of hydrogen-bond donors (Lipinski definition) is 1. The Labute approximate surface area is 179 Å². The number of rotatable bonds is 9. The molecule has 2 aromatic carbocycles. The Morgan fingerprint density at radius 2 is 1.50 bits per heavy atom. The molecule has 0 bridgehead atoms. The number of fused-ring (bicyclic) bond motifs is 1. The molecule has 1 unspecified atom stereocenters. The fourth-order valence-electron chi connectivity index (χ4n) is 5.05. The lowest BCUT2D eigenvalue weighted by molar-refractivity contribution is 0.0651. The smallest absolute Gasteiger partial charge is 0.261 e. The van der Waals surface area contributed by atoms with Crippen molar-refractivity contribution in [1.29, 1.82) is 0 Å². The van der Waals surface area contributed by atoms with Gasteiger partial charge < -0.3 is 5.32 Å². The summed E-state index contributed by atoms with van der Waals surface area (Å²) < 4.78 is 0. The summed E-state index contributed by atoms with van der Waals surface area (Å²) in [5, 5.41) is 3.78. The second-order valence-corrected chi connectivity index (χ2v) is 8.94. The highest BCUT2D eigenvalue weighted by molar-refractivity contribution is 6.21. The van der Waals surface area contributed by atoms with Crippen LogP contribution in [-0.4, -0.2) is 35.8 Å². The molecule has 1 saturated carbocycles. The van der Waals surface area contributed by atoms with E-state index in [1.54, 1.807) is 12.1 Å². The molecule has 1 aliphatic carbocycles. The number of benzene rings is 2. The molecule has 0 spiro atoms. The van der Waals surface area contributed by atoms with Crippen molar-refractivity contribution in [2.75, 3.05) is 13.1 Å². The van der Waals surface area contributed by atoms with Crippen LogP contribution >= 0.6 is 0 Å². The monoisotopic (exact) mass is 404 g/mol. The van der Waals surface area contributed by atoms with Gasteiger partial charge in [-0.25, -0.2) is 0 Å². The van der Waals surface area contributed by atoms with Gasteiger partial charge in [0.2, 0.25) is 0 Å². The minimum absolute atomic E-state index is 0.146. The molecule has 0 saturated heterocycles. The first-order valence-electron chi connectivity index (χ1n) is 11.3. The van der Waals surface area contributed by atoms with E-state index < -0.39 is 0 Å². The summed E-state index contributed by atoms with van der Waals surface area (Å²) >= 11 is 0. The van der Waals surface area contributed by atoms with Crippen LogP contribution in [0.25, 0.3) is 0 Å². The first-order chi connectivity index (χ1) is 14.6. The number of unbranched alkanes of at least 4 members (excludes halogenated alkanes) is 1. The quantitative estimate of drug-likeness (QED) is 0.476. The fourth-order valence-corrected chi connectivity index (χ4v) is 5.05. The van der Waals surface area contributed by atoms with E-state index in [0.29, 0.717) is 23.7 Å². The highest BCUT2D eigenvalue weighted by Gasteiger charge is 2.36. The van der Waals surface area contributed by atoms with Gasteiger partial charge in [-0.3, -0.25) is 14.5 Å². The number of hydrogen-bond acceptors (Lipinski definition) is 3. The molecule has 1 atom stereocenters. The number of nitrogens with zero attached hydrogens (tertiary/aromatic N) is 1. The van der Waals surface area contributed by atoms with E-state index in [-0.39, 0.29) is 17.2 Å². The van der Waals surface area contributed by atoms with Gasteiger partial charge >= 0.3 is 0 Å². The molecule has 1 fully saturated rings. The molecule has 2 aliphatic rings. The molecule has 2 amide bonds. The lowest BCUT2D eigenvalue weighted by Gasteiger charge is -2.32. The average Bonchev–Trinajstić information content (AvgIpc) is 3.36. The Bertz CT molecular complexity index is 852. The van der Waals surface area contributed by atoms with E-state index in [9.17, 15) is 9.59 Å². The maximum absolute atomic E-state index is 12.4. The number of imide groups is 1. The van der Waals surface area contributed by atoms with Crippen molar-refractivity contribution in [1.82, 2.24) is 10.2 Å². The van der Waals surface area contributed by atoms with E-state index >= 15 is 0 Å². The van der Waals surface area contributed by atoms with Gasteiger partial charge in [0, 0.05) is 24.5 Å². The topological polar surface area (TPSA) is 49.4 Å². The van der Waals surface area contributed by atoms with E-state index in [4.69, 9.17) is 0 Å². The molecule has 4 heteroatoms. The van der Waals surface area contributed by atoms with Crippen molar-refractivity contribution in [2.24, 2.45) is 0 Å². The van der Waals surface area contributed by atoms with Crippen LogP contribution in [-0.2, 0) is 5.41 Å². The zero-order valence-electron chi connectivity index (χ0n) is 17.9. The summed E-state index contributed by atoms with van der Waals surface area (Å²) in [6.45, 7) is 3.78. The zero-order chi connectivity index (χ0) is 21.0. The predicted molar refractivity (Wildman–Crippen MR) is 120 cm³/mol. The Hall–Kier alpha value is -2.46. The molecule has 0 radical (unpaired) electrons. The summed E-state index contributed by atoms with van der Waals surface area (Å²) in [5.41, 5.74) is 2.82. The van der Waals surface area contributed by atoms with Crippen molar-refractivity contribution < 1.29 is 9.59 Å². The molecule has 1 heterocycles. The highest BCUT2D eigenvalue weighted by Crippen LogP contribution is 2.40. The van der Waals surface area contributed by atoms with Gasteiger partial charge in [-0.1, -0.05) is 61.7 Å². The maximum atomic E-state index is 12.4. The van der Waals surface area contributed by atoms with Crippen LogP contribution in [0.2, 0.25) is 0 Å². The van der Waals surface area contributed by atoms with Crippen molar-refractivity contribution in [3.63, 3.8) is 0 Å². The Morgan fingerprint density at radius 1 is 0.900 bits per heavy atom. The van der Waals surface area contributed by atoms with Crippen molar-refractivity contribution in [3.05, 3.63) is 71.3 Å².